The van der Waals surface area contributed by atoms with Crippen molar-refractivity contribution < 1.29 is 4.39 Å². The summed E-state index contributed by atoms with van der Waals surface area (Å²) in [5.41, 5.74) is 7.84. The topological polar surface area (TPSA) is 26.0 Å². The van der Waals surface area contributed by atoms with Crippen LogP contribution in [0.1, 0.15) is 5.56 Å². The van der Waals surface area contributed by atoms with Gasteiger partial charge in [-0.3, -0.25) is 0 Å². The highest BCUT2D eigenvalue weighted by Gasteiger charge is 2.09. The smallest absolute Gasteiger partial charge is 0.135 e. The van der Waals surface area contributed by atoms with Gasteiger partial charge in [0.05, 0.1) is 0 Å². The van der Waals surface area contributed by atoms with Gasteiger partial charge in [-0.1, -0.05) is 23.7 Å². The third-order valence-corrected chi connectivity index (χ3v) is 2.80. The van der Waals surface area contributed by atoms with E-state index in [0.717, 1.165) is 5.56 Å². The Balaban J connectivity index is 2.61. The molecule has 0 aliphatic carbocycles. The van der Waals surface area contributed by atoms with Crippen LogP contribution in [0.25, 0.3) is 11.1 Å². The summed E-state index contributed by atoms with van der Waals surface area (Å²) in [6.07, 6.45) is 0. The molecule has 0 heterocycles. The molecule has 0 atom stereocenters. The van der Waals surface area contributed by atoms with Crippen molar-refractivity contribution in [1.82, 2.24) is 0 Å². The van der Waals surface area contributed by atoms with Crippen molar-refractivity contribution in [3.63, 3.8) is 0 Å². The lowest BCUT2D eigenvalue weighted by molar-refractivity contribution is 0.623. The predicted octanol–water partition coefficient (Wildman–Crippen LogP) is 4.04. The first kappa shape index (κ1) is 11.0. The second-order valence-corrected chi connectivity index (χ2v) is 4.09. The molecule has 0 amide bonds. The summed E-state index contributed by atoms with van der Waals surface area (Å²) in [6, 6.07) is 10.5. The molecule has 0 aliphatic rings. The first-order valence-electron chi connectivity index (χ1n) is 4.90. The van der Waals surface area contributed by atoms with Crippen LogP contribution >= 0.6 is 11.6 Å². The van der Waals surface area contributed by atoms with E-state index >= 15 is 0 Å². The van der Waals surface area contributed by atoms with Gasteiger partial charge in [0.25, 0.3) is 0 Å². The van der Waals surface area contributed by atoms with E-state index in [0.29, 0.717) is 21.8 Å². The van der Waals surface area contributed by atoms with Gasteiger partial charge in [0.15, 0.2) is 0 Å². The fourth-order valence-electron chi connectivity index (χ4n) is 1.58. The number of hydrogen-bond donors (Lipinski definition) is 1. The molecule has 0 aromatic heterocycles. The highest BCUT2D eigenvalue weighted by molar-refractivity contribution is 6.30. The Morgan fingerprint density at radius 2 is 1.94 bits per heavy atom. The standard InChI is InChI=1S/C13H11ClFN/c1-8-12(16)6-5-11(13(8)15)9-3-2-4-10(14)7-9/h2-7H,16H2,1H3. The molecule has 82 valence electrons. The lowest BCUT2D eigenvalue weighted by atomic mass is 10.0. The number of halogens is 2. The molecule has 0 saturated heterocycles. The van der Waals surface area contributed by atoms with E-state index in [1.165, 1.54) is 0 Å². The third kappa shape index (κ3) is 1.89. The Kier molecular flexibility index (Phi) is 2.84. The van der Waals surface area contributed by atoms with Crippen LogP contribution in [-0.4, -0.2) is 0 Å². The van der Waals surface area contributed by atoms with E-state index in [4.69, 9.17) is 17.3 Å². The van der Waals surface area contributed by atoms with Crippen LogP contribution in [0.4, 0.5) is 10.1 Å². The summed E-state index contributed by atoms with van der Waals surface area (Å²) in [4.78, 5) is 0. The van der Waals surface area contributed by atoms with Crippen LogP contribution in [0.2, 0.25) is 5.02 Å². The van der Waals surface area contributed by atoms with Crippen molar-refractivity contribution >= 4 is 17.3 Å². The quantitative estimate of drug-likeness (QED) is 0.742. The summed E-state index contributed by atoms with van der Waals surface area (Å²) < 4.78 is 14.0. The Morgan fingerprint density at radius 3 is 2.62 bits per heavy atom. The van der Waals surface area contributed by atoms with Gasteiger partial charge in [0.1, 0.15) is 5.82 Å². The van der Waals surface area contributed by atoms with E-state index in [-0.39, 0.29) is 5.82 Å². The van der Waals surface area contributed by atoms with Crippen molar-refractivity contribution in [2.45, 2.75) is 6.92 Å². The highest BCUT2D eigenvalue weighted by atomic mass is 35.5. The summed E-state index contributed by atoms with van der Waals surface area (Å²) in [7, 11) is 0. The average molecular weight is 236 g/mol. The first-order valence-corrected chi connectivity index (χ1v) is 5.28. The molecule has 16 heavy (non-hydrogen) atoms. The highest BCUT2D eigenvalue weighted by Crippen LogP contribution is 2.29. The summed E-state index contributed by atoms with van der Waals surface area (Å²) >= 11 is 5.87. The normalized spacial score (nSPS) is 10.4. The van der Waals surface area contributed by atoms with E-state index in [1.807, 2.05) is 6.07 Å². The zero-order valence-corrected chi connectivity index (χ0v) is 9.55. The molecule has 0 spiro atoms. The minimum absolute atomic E-state index is 0.290. The minimum atomic E-state index is -0.290. The number of hydrogen-bond acceptors (Lipinski definition) is 1. The van der Waals surface area contributed by atoms with E-state index in [9.17, 15) is 4.39 Å². The van der Waals surface area contributed by atoms with Crippen molar-refractivity contribution in [3.05, 3.63) is 52.8 Å². The van der Waals surface area contributed by atoms with Crippen LogP contribution in [0.3, 0.4) is 0 Å². The van der Waals surface area contributed by atoms with Crippen LogP contribution in [0, 0.1) is 12.7 Å². The maximum absolute atomic E-state index is 14.0. The average Bonchev–Trinajstić information content (AvgIpc) is 2.26. The van der Waals surface area contributed by atoms with Gasteiger partial charge in [-0.05, 0) is 36.8 Å². The maximum Gasteiger partial charge on any atom is 0.135 e. The monoisotopic (exact) mass is 235 g/mol. The number of benzene rings is 2. The summed E-state index contributed by atoms with van der Waals surface area (Å²) in [6.45, 7) is 1.67. The molecule has 0 unspecified atom stereocenters. The third-order valence-electron chi connectivity index (χ3n) is 2.56. The lowest BCUT2D eigenvalue weighted by Gasteiger charge is -2.08. The maximum atomic E-state index is 14.0. The Labute approximate surface area is 98.7 Å². The first-order chi connectivity index (χ1) is 7.59. The molecule has 2 rings (SSSR count). The Bertz CT molecular complexity index is 537. The van der Waals surface area contributed by atoms with Crippen LogP contribution in [0.15, 0.2) is 36.4 Å². The summed E-state index contributed by atoms with van der Waals surface area (Å²) in [5, 5.41) is 0.589. The molecule has 2 aromatic rings. The van der Waals surface area contributed by atoms with E-state index in [1.54, 1.807) is 37.3 Å². The van der Waals surface area contributed by atoms with Gasteiger partial charge in [-0.15, -0.1) is 0 Å². The molecular formula is C13H11ClFN. The molecule has 2 N–H and O–H groups in total. The molecule has 2 aromatic carbocycles. The second kappa shape index (κ2) is 4.14. The van der Waals surface area contributed by atoms with Crippen LogP contribution < -0.4 is 5.73 Å². The van der Waals surface area contributed by atoms with Crippen LogP contribution in [-0.2, 0) is 0 Å². The van der Waals surface area contributed by atoms with Crippen molar-refractivity contribution in [2.75, 3.05) is 5.73 Å². The molecule has 0 aliphatic heterocycles. The number of anilines is 1. The molecule has 0 radical (unpaired) electrons. The predicted molar refractivity (Wildman–Crippen MR) is 66.0 cm³/mol. The van der Waals surface area contributed by atoms with E-state index < -0.39 is 0 Å². The minimum Gasteiger partial charge on any atom is -0.398 e. The number of rotatable bonds is 1. The number of nitrogens with two attached hydrogens (primary N) is 1. The summed E-state index contributed by atoms with van der Waals surface area (Å²) in [5.74, 6) is -0.290. The molecule has 0 saturated carbocycles. The molecular weight excluding hydrogens is 225 g/mol. The molecule has 1 nitrogen and oxygen atoms in total. The van der Waals surface area contributed by atoms with Gasteiger partial charge in [0, 0.05) is 21.8 Å². The molecule has 0 fully saturated rings. The zero-order chi connectivity index (χ0) is 11.7. The van der Waals surface area contributed by atoms with Gasteiger partial charge < -0.3 is 5.73 Å². The van der Waals surface area contributed by atoms with Gasteiger partial charge in [-0.2, -0.15) is 0 Å². The Hall–Kier alpha value is -1.54. The van der Waals surface area contributed by atoms with Crippen LogP contribution in [0.5, 0.6) is 0 Å². The van der Waals surface area contributed by atoms with Crippen molar-refractivity contribution in [3.8, 4) is 11.1 Å². The SMILES string of the molecule is Cc1c(N)ccc(-c2cccc(Cl)c2)c1F. The fraction of sp³-hybridized carbons (Fsp3) is 0.0769. The van der Waals surface area contributed by atoms with Gasteiger partial charge in [0.2, 0.25) is 0 Å². The van der Waals surface area contributed by atoms with Crippen molar-refractivity contribution in [1.29, 1.82) is 0 Å². The Morgan fingerprint density at radius 1 is 1.19 bits per heavy atom. The largest absolute Gasteiger partial charge is 0.398 e. The lowest BCUT2D eigenvalue weighted by Crippen LogP contribution is -1.95. The van der Waals surface area contributed by atoms with Gasteiger partial charge >= 0.3 is 0 Å². The van der Waals surface area contributed by atoms with Crippen molar-refractivity contribution in [2.24, 2.45) is 0 Å². The fourth-order valence-corrected chi connectivity index (χ4v) is 1.77. The second-order valence-electron chi connectivity index (χ2n) is 3.65. The van der Waals surface area contributed by atoms with E-state index in [2.05, 4.69) is 0 Å². The number of nitrogen functional groups attached to an aromatic ring is 1. The zero-order valence-electron chi connectivity index (χ0n) is 8.80. The molecule has 3 heteroatoms. The van der Waals surface area contributed by atoms with Gasteiger partial charge in [-0.25, -0.2) is 4.39 Å². The molecule has 0 bridgehead atoms.